The first-order valence-electron chi connectivity index (χ1n) is 8.48. The fourth-order valence-corrected chi connectivity index (χ4v) is 7.61. The van der Waals surface area contributed by atoms with Gasteiger partial charge in [-0.1, -0.05) is 17.7 Å². The zero-order valence-electron chi connectivity index (χ0n) is 14.9. The number of hydrogen-bond donors (Lipinski definition) is 1. The Balaban J connectivity index is 2.09. The zero-order chi connectivity index (χ0) is 18.7. The van der Waals surface area contributed by atoms with E-state index in [4.69, 9.17) is 4.74 Å². The van der Waals surface area contributed by atoms with Gasteiger partial charge < -0.3 is 10.1 Å². The van der Waals surface area contributed by atoms with Gasteiger partial charge in [-0.15, -0.1) is 0 Å². The van der Waals surface area contributed by atoms with Gasteiger partial charge in [0, 0.05) is 12.6 Å². The molecule has 8 heteroatoms. The molecule has 2 rings (SSSR count). The van der Waals surface area contributed by atoms with Crippen LogP contribution in [0.5, 0.6) is 0 Å². The number of aryl methyl sites for hydroxylation is 1. The van der Waals surface area contributed by atoms with Crippen LogP contribution in [-0.4, -0.2) is 58.9 Å². The van der Waals surface area contributed by atoms with Crippen LogP contribution in [-0.2, 0) is 24.4 Å². The third-order valence-corrected chi connectivity index (χ3v) is 8.39. The standard InChI is InChI=1S/C17H27NO5S2/c1-13(2)23-10-4-9-18-16-11-24(19,20)12-17(16)25(21,22)15-7-5-14(3)6-8-15/h5-8,13,16-18H,4,9-12H2,1-3H3. The molecule has 1 aromatic carbocycles. The lowest BCUT2D eigenvalue weighted by Crippen LogP contribution is -2.43. The number of rotatable bonds is 8. The Labute approximate surface area is 150 Å². The summed E-state index contributed by atoms with van der Waals surface area (Å²) in [6, 6.07) is 5.95. The highest BCUT2D eigenvalue weighted by Crippen LogP contribution is 2.26. The van der Waals surface area contributed by atoms with Crippen LogP contribution in [0.25, 0.3) is 0 Å². The van der Waals surface area contributed by atoms with Crippen LogP contribution in [0.1, 0.15) is 25.8 Å². The van der Waals surface area contributed by atoms with Crippen LogP contribution < -0.4 is 5.32 Å². The average molecular weight is 390 g/mol. The predicted octanol–water partition coefficient (Wildman–Crippen LogP) is 1.34. The summed E-state index contributed by atoms with van der Waals surface area (Å²) < 4.78 is 55.3. The highest BCUT2D eigenvalue weighted by atomic mass is 32.2. The Kier molecular flexibility index (Phi) is 6.64. The van der Waals surface area contributed by atoms with Gasteiger partial charge in [-0.2, -0.15) is 0 Å². The Hall–Kier alpha value is -0.960. The smallest absolute Gasteiger partial charge is 0.183 e. The molecule has 0 saturated carbocycles. The van der Waals surface area contributed by atoms with E-state index in [1.165, 1.54) is 0 Å². The normalized spacial score (nSPS) is 23.2. The number of sulfone groups is 2. The van der Waals surface area contributed by atoms with E-state index in [-0.39, 0.29) is 22.5 Å². The fourth-order valence-electron chi connectivity index (χ4n) is 2.89. The van der Waals surface area contributed by atoms with Crippen molar-refractivity contribution in [3.63, 3.8) is 0 Å². The van der Waals surface area contributed by atoms with E-state index >= 15 is 0 Å². The fraction of sp³-hybridized carbons (Fsp3) is 0.647. The van der Waals surface area contributed by atoms with E-state index < -0.39 is 31.0 Å². The number of ether oxygens (including phenoxy) is 1. The summed E-state index contributed by atoms with van der Waals surface area (Å²) in [6.07, 6.45) is 0.841. The molecule has 1 aromatic rings. The van der Waals surface area contributed by atoms with Crippen molar-refractivity contribution >= 4 is 19.7 Å². The Morgan fingerprint density at radius 1 is 1.20 bits per heavy atom. The summed E-state index contributed by atoms with van der Waals surface area (Å²) in [6.45, 7) is 6.84. The van der Waals surface area contributed by atoms with Gasteiger partial charge in [-0.25, -0.2) is 16.8 Å². The van der Waals surface area contributed by atoms with Crippen molar-refractivity contribution in [1.29, 1.82) is 0 Å². The van der Waals surface area contributed by atoms with E-state index in [1.807, 2.05) is 20.8 Å². The van der Waals surface area contributed by atoms with Crippen LogP contribution in [0, 0.1) is 6.92 Å². The van der Waals surface area contributed by atoms with E-state index in [0.717, 1.165) is 5.56 Å². The quantitative estimate of drug-likeness (QED) is 0.675. The van der Waals surface area contributed by atoms with Crippen molar-refractivity contribution in [3.05, 3.63) is 29.8 Å². The van der Waals surface area contributed by atoms with Gasteiger partial charge in [-0.3, -0.25) is 0 Å². The molecule has 0 amide bonds. The van der Waals surface area contributed by atoms with Crippen LogP contribution in [0.15, 0.2) is 29.2 Å². The maximum Gasteiger partial charge on any atom is 0.183 e. The van der Waals surface area contributed by atoms with E-state index in [0.29, 0.717) is 19.6 Å². The molecule has 25 heavy (non-hydrogen) atoms. The van der Waals surface area contributed by atoms with Crippen molar-refractivity contribution in [2.75, 3.05) is 24.7 Å². The van der Waals surface area contributed by atoms with E-state index in [9.17, 15) is 16.8 Å². The van der Waals surface area contributed by atoms with Gasteiger partial charge in [0.1, 0.15) is 0 Å². The molecule has 1 aliphatic heterocycles. The minimum atomic E-state index is -3.70. The lowest BCUT2D eigenvalue weighted by Gasteiger charge is -2.20. The average Bonchev–Trinajstić information content (AvgIpc) is 2.83. The largest absolute Gasteiger partial charge is 0.379 e. The second kappa shape index (κ2) is 8.16. The summed E-state index contributed by atoms with van der Waals surface area (Å²) >= 11 is 0. The molecule has 1 N–H and O–H groups in total. The molecular weight excluding hydrogens is 362 g/mol. The minimum Gasteiger partial charge on any atom is -0.379 e. The highest BCUT2D eigenvalue weighted by molar-refractivity contribution is 7.96. The van der Waals surface area contributed by atoms with E-state index in [1.54, 1.807) is 24.3 Å². The van der Waals surface area contributed by atoms with Crippen molar-refractivity contribution in [2.45, 2.75) is 49.5 Å². The van der Waals surface area contributed by atoms with Crippen LogP contribution in [0.3, 0.4) is 0 Å². The third kappa shape index (κ3) is 5.51. The number of benzene rings is 1. The molecule has 2 atom stereocenters. The summed E-state index contributed by atoms with van der Waals surface area (Å²) in [5, 5.41) is 2.16. The molecule has 0 aliphatic carbocycles. The molecule has 0 aromatic heterocycles. The van der Waals surface area contributed by atoms with Crippen LogP contribution >= 0.6 is 0 Å². The molecule has 1 heterocycles. The zero-order valence-corrected chi connectivity index (χ0v) is 16.6. The van der Waals surface area contributed by atoms with Crippen molar-refractivity contribution in [1.82, 2.24) is 5.32 Å². The monoisotopic (exact) mass is 389 g/mol. The Bertz CT molecular complexity index is 770. The van der Waals surface area contributed by atoms with Gasteiger partial charge in [0.15, 0.2) is 19.7 Å². The SMILES string of the molecule is Cc1ccc(S(=O)(=O)C2CS(=O)(=O)CC2NCCCOC(C)C)cc1. The minimum absolute atomic E-state index is 0.140. The predicted molar refractivity (Wildman–Crippen MR) is 98.3 cm³/mol. The highest BCUT2D eigenvalue weighted by Gasteiger charge is 2.45. The third-order valence-electron chi connectivity index (χ3n) is 4.23. The number of nitrogens with one attached hydrogen (secondary N) is 1. The van der Waals surface area contributed by atoms with E-state index in [2.05, 4.69) is 5.32 Å². The van der Waals surface area contributed by atoms with Crippen molar-refractivity contribution in [2.24, 2.45) is 0 Å². The summed E-state index contributed by atoms with van der Waals surface area (Å²) in [7, 11) is -7.08. The molecule has 0 spiro atoms. The second-order valence-electron chi connectivity index (χ2n) is 6.81. The summed E-state index contributed by atoms with van der Waals surface area (Å²) in [4.78, 5) is 0.176. The molecule has 142 valence electrons. The molecule has 1 aliphatic rings. The first kappa shape index (κ1) is 20.4. The summed E-state index contributed by atoms with van der Waals surface area (Å²) in [5.74, 6) is -0.475. The van der Waals surface area contributed by atoms with Crippen LogP contribution in [0.2, 0.25) is 0 Å². The van der Waals surface area contributed by atoms with Gasteiger partial charge in [0.05, 0.1) is 27.8 Å². The Morgan fingerprint density at radius 2 is 1.84 bits per heavy atom. The van der Waals surface area contributed by atoms with Gasteiger partial charge in [0.2, 0.25) is 0 Å². The number of hydrogen-bond acceptors (Lipinski definition) is 6. The van der Waals surface area contributed by atoms with Crippen LogP contribution in [0.4, 0.5) is 0 Å². The molecule has 2 unspecified atom stereocenters. The topological polar surface area (TPSA) is 89.5 Å². The van der Waals surface area contributed by atoms with Crippen molar-refractivity contribution < 1.29 is 21.6 Å². The molecule has 1 fully saturated rings. The lowest BCUT2D eigenvalue weighted by atomic mass is 10.2. The van der Waals surface area contributed by atoms with Gasteiger partial charge in [-0.05, 0) is 45.9 Å². The first-order chi connectivity index (χ1) is 11.6. The van der Waals surface area contributed by atoms with Gasteiger partial charge in [0.25, 0.3) is 0 Å². The first-order valence-corrected chi connectivity index (χ1v) is 11.8. The maximum absolute atomic E-state index is 12.9. The molecule has 0 bridgehead atoms. The lowest BCUT2D eigenvalue weighted by molar-refractivity contribution is 0.0768. The van der Waals surface area contributed by atoms with Gasteiger partial charge >= 0.3 is 0 Å². The summed E-state index contributed by atoms with van der Waals surface area (Å²) in [5.41, 5.74) is 0.956. The van der Waals surface area contributed by atoms with Crippen molar-refractivity contribution in [3.8, 4) is 0 Å². The maximum atomic E-state index is 12.9. The molecule has 0 radical (unpaired) electrons. The second-order valence-corrected chi connectivity index (χ2v) is 11.1. The molecule has 1 saturated heterocycles. The Morgan fingerprint density at radius 3 is 2.44 bits per heavy atom. The molecular formula is C17H27NO5S2. The molecule has 6 nitrogen and oxygen atoms in total.